The van der Waals surface area contributed by atoms with Crippen LogP contribution >= 0.6 is 23.5 Å². The third-order valence-electron chi connectivity index (χ3n) is 5.28. The minimum atomic E-state index is -0.166. The fourth-order valence-electron chi connectivity index (χ4n) is 3.53. The van der Waals surface area contributed by atoms with Crippen LogP contribution in [0.25, 0.3) is 10.8 Å². The highest BCUT2D eigenvalue weighted by Gasteiger charge is 2.22. The lowest BCUT2D eigenvalue weighted by Gasteiger charge is -2.32. The van der Waals surface area contributed by atoms with Crippen molar-refractivity contribution < 1.29 is 9.59 Å². The Balaban J connectivity index is 1.57. The molecule has 0 atom stereocenters. The number of likely N-dealkylation sites (N-methyl/N-ethyl adjacent to an activating group) is 1. The van der Waals surface area contributed by atoms with Crippen molar-refractivity contribution in [2.75, 3.05) is 36.9 Å². The molecular formula is C22H22ClN5O2S. The van der Waals surface area contributed by atoms with Gasteiger partial charge in [-0.3, -0.25) is 14.7 Å². The van der Waals surface area contributed by atoms with Gasteiger partial charge in [-0.05, 0) is 41.8 Å². The highest BCUT2D eigenvalue weighted by atomic mass is 35.5. The molecule has 0 radical (unpaired) electrons. The van der Waals surface area contributed by atoms with Crippen LogP contribution in [0.2, 0.25) is 5.02 Å². The van der Waals surface area contributed by atoms with Crippen LogP contribution in [0.5, 0.6) is 0 Å². The summed E-state index contributed by atoms with van der Waals surface area (Å²) in [5, 5.41) is 11.2. The van der Waals surface area contributed by atoms with E-state index in [0.717, 1.165) is 45.5 Å². The average molecular weight is 456 g/mol. The van der Waals surface area contributed by atoms with Gasteiger partial charge in [0.1, 0.15) is 5.82 Å². The van der Waals surface area contributed by atoms with Gasteiger partial charge in [0.25, 0.3) is 0 Å². The summed E-state index contributed by atoms with van der Waals surface area (Å²) in [5.41, 5.74) is 1.41. The van der Waals surface area contributed by atoms with Crippen molar-refractivity contribution in [3.05, 3.63) is 59.2 Å². The summed E-state index contributed by atoms with van der Waals surface area (Å²) in [5.74, 6) is 0.638. The quantitative estimate of drug-likeness (QED) is 0.573. The van der Waals surface area contributed by atoms with Crippen LogP contribution in [0.15, 0.2) is 53.6 Å². The second-order valence-electron chi connectivity index (χ2n) is 7.41. The van der Waals surface area contributed by atoms with Gasteiger partial charge in [0.15, 0.2) is 0 Å². The molecule has 7 nitrogen and oxygen atoms in total. The van der Waals surface area contributed by atoms with Crippen LogP contribution < -0.4 is 15.4 Å². The molecule has 3 aromatic rings. The fourth-order valence-corrected chi connectivity index (χ4v) is 4.23. The Bertz CT molecular complexity index is 1160. The number of rotatable bonds is 5. The zero-order valence-corrected chi connectivity index (χ0v) is 18.5. The Kier molecular flexibility index (Phi) is 6.31. The summed E-state index contributed by atoms with van der Waals surface area (Å²) in [6, 6.07) is 12.9. The van der Waals surface area contributed by atoms with Crippen molar-refractivity contribution in [1.29, 1.82) is 0 Å². The van der Waals surface area contributed by atoms with Crippen molar-refractivity contribution >= 4 is 57.6 Å². The van der Waals surface area contributed by atoms with E-state index in [9.17, 15) is 9.59 Å². The maximum Gasteiger partial charge on any atom is 0.241 e. The predicted octanol–water partition coefficient (Wildman–Crippen LogP) is 3.31. The molecule has 1 aromatic heterocycles. The Morgan fingerprint density at radius 2 is 2.06 bits per heavy atom. The van der Waals surface area contributed by atoms with E-state index >= 15 is 0 Å². The van der Waals surface area contributed by atoms with E-state index in [-0.39, 0.29) is 18.2 Å². The number of nitrogens with one attached hydrogen (secondary N) is 1. The van der Waals surface area contributed by atoms with E-state index in [4.69, 9.17) is 16.7 Å². The largest absolute Gasteiger partial charge is 0.346 e. The van der Waals surface area contributed by atoms with Crippen molar-refractivity contribution in [3.63, 3.8) is 0 Å². The molecule has 0 aliphatic carbocycles. The first-order valence-corrected chi connectivity index (χ1v) is 11.0. The van der Waals surface area contributed by atoms with E-state index in [1.807, 2.05) is 41.3 Å². The molecule has 9 heteroatoms. The molecule has 0 bridgehead atoms. The van der Waals surface area contributed by atoms with Gasteiger partial charge in [0, 0.05) is 52.7 Å². The number of pyridine rings is 1. The number of nitrogens with zero attached hydrogens (tertiary/aromatic N) is 3. The Morgan fingerprint density at radius 3 is 2.81 bits per heavy atom. The van der Waals surface area contributed by atoms with E-state index in [2.05, 4.69) is 10.3 Å². The molecule has 160 valence electrons. The normalized spacial score (nSPS) is 14.2. The van der Waals surface area contributed by atoms with Crippen LogP contribution in [0.4, 0.5) is 11.5 Å². The van der Waals surface area contributed by atoms with Crippen molar-refractivity contribution in [2.24, 2.45) is 5.14 Å². The lowest BCUT2D eigenvalue weighted by atomic mass is 10.1. The molecule has 0 unspecified atom stereocenters. The number of halogens is 1. The first kappa shape index (κ1) is 21.4. The third kappa shape index (κ3) is 4.76. The standard InChI is InChI=1S/C22H22ClN5O2S/c1-27-6-7-28(13-22(27)30)20-11-17-15(12-25-20)8-16(10-19(17)31-24)26-21(29)9-14-4-2-3-5-18(14)23/h2-5,8,10-12H,6-7,9,13,24H2,1H3,(H,26,29). The summed E-state index contributed by atoms with van der Waals surface area (Å²) in [6.45, 7) is 1.69. The van der Waals surface area contributed by atoms with Crippen molar-refractivity contribution in [1.82, 2.24) is 9.88 Å². The number of carbonyl (C=O) groups excluding carboxylic acids is 2. The van der Waals surface area contributed by atoms with Gasteiger partial charge in [-0.25, -0.2) is 4.98 Å². The molecule has 1 fully saturated rings. The van der Waals surface area contributed by atoms with Gasteiger partial charge in [-0.1, -0.05) is 29.8 Å². The van der Waals surface area contributed by atoms with E-state index in [1.54, 1.807) is 24.2 Å². The predicted molar refractivity (Wildman–Crippen MR) is 125 cm³/mol. The Morgan fingerprint density at radius 1 is 1.26 bits per heavy atom. The van der Waals surface area contributed by atoms with E-state index < -0.39 is 0 Å². The van der Waals surface area contributed by atoms with Gasteiger partial charge in [-0.2, -0.15) is 0 Å². The summed E-state index contributed by atoms with van der Waals surface area (Å²) >= 11 is 7.27. The van der Waals surface area contributed by atoms with Crippen LogP contribution in [-0.4, -0.2) is 48.4 Å². The van der Waals surface area contributed by atoms with Crippen molar-refractivity contribution in [3.8, 4) is 0 Å². The molecular weight excluding hydrogens is 434 g/mol. The monoisotopic (exact) mass is 455 g/mol. The van der Waals surface area contributed by atoms with Crippen LogP contribution in [0.3, 0.4) is 0 Å². The number of aromatic nitrogens is 1. The zero-order chi connectivity index (χ0) is 22.0. The molecule has 0 saturated carbocycles. The van der Waals surface area contributed by atoms with Gasteiger partial charge in [-0.15, -0.1) is 0 Å². The van der Waals surface area contributed by atoms with Gasteiger partial charge in [0.05, 0.1) is 13.0 Å². The fraction of sp³-hybridized carbons (Fsp3) is 0.227. The molecule has 4 rings (SSSR count). The number of fused-ring (bicyclic) bond motifs is 1. The average Bonchev–Trinajstić information content (AvgIpc) is 2.76. The minimum Gasteiger partial charge on any atom is -0.346 e. The summed E-state index contributed by atoms with van der Waals surface area (Å²) in [7, 11) is 1.80. The summed E-state index contributed by atoms with van der Waals surface area (Å²) in [6.07, 6.45) is 1.92. The zero-order valence-electron chi connectivity index (χ0n) is 17.0. The first-order chi connectivity index (χ1) is 14.9. The third-order valence-corrected chi connectivity index (χ3v) is 6.24. The van der Waals surface area contributed by atoms with Gasteiger partial charge in [0.2, 0.25) is 11.8 Å². The molecule has 31 heavy (non-hydrogen) atoms. The lowest BCUT2D eigenvalue weighted by Crippen LogP contribution is -2.48. The number of hydrogen-bond acceptors (Lipinski definition) is 6. The SMILES string of the molecule is CN1CCN(c2cc3c(SN)cc(NC(=O)Cc4ccccc4Cl)cc3cn2)CC1=O. The molecule has 3 N–H and O–H groups in total. The minimum absolute atomic E-state index is 0.0677. The topological polar surface area (TPSA) is 91.6 Å². The summed E-state index contributed by atoms with van der Waals surface area (Å²) < 4.78 is 0. The smallest absolute Gasteiger partial charge is 0.241 e. The molecule has 2 aromatic carbocycles. The molecule has 1 aliphatic heterocycles. The highest BCUT2D eigenvalue weighted by Crippen LogP contribution is 2.31. The first-order valence-electron chi connectivity index (χ1n) is 9.77. The Hall–Kier alpha value is -2.81. The second-order valence-corrected chi connectivity index (χ2v) is 8.49. The van der Waals surface area contributed by atoms with Gasteiger partial charge < -0.3 is 15.1 Å². The maximum atomic E-state index is 12.5. The van der Waals surface area contributed by atoms with E-state index in [1.165, 1.54) is 0 Å². The number of piperazine rings is 1. The second kappa shape index (κ2) is 9.13. The number of amides is 2. The van der Waals surface area contributed by atoms with E-state index in [0.29, 0.717) is 23.8 Å². The number of nitrogens with two attached hydrogens (primary N) is 1. The molecule has 1 saturated heterocycles. The summed E-state index contributed by atoms with van der Waals surface area (Å²) in [4.78, 5) is 33.6. The number of anilines is 2. The molecule has 2 heterocycles. The van der Waals surface area contributed by atoms with Crippen LogP contribution in [0, 0.1) is 0 Å². The lowest BCUT2D eigenvalue weighted by molar-refractivity contribution is -0.129. The number of carbonyl (C=O) groups is 2. The Labute approximate surface area is 189 Å². The number of benzene rings is 2. The molecule has 2 amide bonds. The highest BCUT2D eigenvalue weighted by molar-refractivity contribution is 7.97. The number of hydrogen-bond donors (Lipinski definition) is 2. The molecule has 0 spiro atoms. The maximum absolute atomic E-state index is 12.5. The van der Waals surface area contributed by atoms with Crippen molar-refractivity contribution in [2.45, 2.75) is 11.3 Å². The molecule has 1 aliphatic rings. The van der Waals surface area contributed by atoms with Crippen LogP contribution in [-0.2, 0) is 16.0 Å². The van der Waals surface area contributed by atoms with Crippen LogP contribution in [0.1, 0.15) is 5.56 Å². The van der Waals surface area contributed by atoms with Gasteiger partial charge >= 0.3 is 0 Å².